The maximum Gasteiger partial charge on any atom is 0.138 e. The maximum atomic E-state index is 13.8. The third-order valence-corrected chi connectivity index (χ3v) is 3.96. The summed E-state index contributed by atoms with van der Waals surface area (Å²) in [6.45, 7) is 1.94. The summed E-state index contributed by atoms with van der Waals surface area (Å²) < 4.78 is 15.7. The highest BCUT2D eigenvalue weighted by Gasteiger charge is 2.19. The largest absolute Gasteiger partial charge is 0.384 e. The van der Waals surface area contributed by atoms with Gasteiger partial charge in [-0.3, -0.25) is 4.57 Å². The number of nitrogens with one attached hydrogen (secondary N) is 1. The van der Waals surface area contributed by atoms with Gasteiger partial charge in [0.05, 0.1) is 17.1 Å². The van der Waals surface area contributed by atoms with Gasteiger partial charge in [-0.2, -0.15) is 0 Å². The first-order valence-electron chi connectivity index (χ1n) is 8.05. The van der Waals surface area contributed by atoms with Crippen molar-refractivity contribution in [2.75, 3.05) is 11.1 Å². The highest BCUT2D eigenvalue weighted by molar-refractivity contribution is 5.78. The molecule has 8 heteroatoms. The molecule has 130 valence electrons. The minimum Gasteiger partial charge on any atom is -0.384 e. The molecule has 0 aliphatic heterocycles. The second-order valence-electron chi connectivity index (χ2n) is 5.82. The van der Waals surface area contributed by atoms with Crippen molar-refractivity contribution in [3.63, 3.8) is 0 Å². The number of imidazole rings is 1. The molecule has 3 N–H and O–H groups in total. The van der Waals surface area contributed by atoms with Crippen LogP contribution in [0.25, 0.3) is 16.9 Å². The monoisotopic (exact) mass is 349 g/mol. The molecule has 0 fully saturated rings. The average molecular weight is 349 g/mol. The van der Waals surface area contributed by atoms with Crippen molar-refractivity contribution in [3.8, 4) is 5.82 Å². The molecule has 1 atom stereocenters. The van der Waals surface area contributed by atoms with Gasteiger partial charge in [-0.1, -0.05) is 6.07 Å². The van der Waals surface area contributed by atoms with Crippen molar-refractivity contribution in [1.82, 2.24) is 24.5 Å². The molecule has 0 saturated carbocycles. The van der Waals surface area contributed by atoms with Gasteiger partial charge < -0.3 is 11.1 Å². The Balaban J connectivity index is 1.83. The first-order valence-corrected chi connectivity index (χ1v) is 8.05. The van der Waals surface area contributed by atoms with E-state index in [9.17, 15) is 4.39 Å². The molecule has 0 bridgehead atoms. The number of nitrogens with two attached hydrogens (primary N) is 1. The summed E-state index contributed by atoms with van der Waals surface area (Å²) in [6.07, 6.45) is 3.08. The topological polar surface area (TPSA) is 94.5 Å². The Labute approximate surface area is 148 Å². The second-order valence-corrected chi connectivity index (χ2v) is 5.82. The number of hydrogen-bond donors (Lipinski definition) is 2. The van der Waals surface area contributed by atoms with E-state index in [-0.39, 0.29) is 11.9 Å². The van der Waals surface area contributed by atoms with Crippen molar-refractivity contribution < 1.29 is 4.39 Å². The van der Waals surface area contributed by atoms with Crippen LogP contribution in [0, 0.1) is 5.82 Å². The van der Waals surface area contributed by atoms with E-state index in [1.165, 1.54) is 18.5 Å². The number of rotatable bonds is 4. The van der Waals surface area contributed by atoms with Crippen LogP contribution in [-0.2, 0) is 0 Å². The number of aromatic nitrogens is 5. The smallest absolute Gasteiger partial charge is 0.138 e. The molecule has 3 heterocycles. The van der Waals surface area contributed by atoms with Crippen LogP contribution < -0.4 is 11.1 Å². The standard InChI is InChI=1S/C18H16FN7/c1-11(24-16-9-15(20)22-10-23-16)18-25-13-6-5-12(19)8-14(13)26(18)17-4-2-3-7-21-17/h2-11H,1H3,(H3,20,22,23,24)/t11-/m1/s1. The number of halogens is 1. The molecule has 26 heavy (non-hydrogen) atoms. The molecule has 0 saturated heterocycles. The van der Waals surface area contributed by atoms with Crippen LogP contribution in [0.15, 0.2) is 55.0 Å². The van der Waals surface area contributed by atoms with Crippen LogP contribution in [-0.4, -0.2) is 24.5 Å². The highest BCUT2D eigenvalue weighted by atomic mass is 19.1. The third kappa shape index (κ3) is 2.92. The third-order valence-electron chi connectivity index (χ3n) is 3.96. The number of pyridine rings is 1. The van der Waals surface area contributed by atoms with E-state index in [0.717, 1.165) is 0 Å². The predicted molar refractivity (Wildman–Crippen MR) is 97.3 cm³/mol. The SMILES string of the molecule is C[C@@H](Nc1cc(N)ncn1)c1nc2ccc(F)cc2n1-c1ccccn1. The fraction of sp³-hybridized carbons (Fsp3) is 0.111. The Morgan fingerprint density at radius 3 is 2.77 bits per heavy atom. The van der Waals surface area contributed by atoms with Crippen molar-refractivity contribution in [1.29, 1.82) is 0 Å². The Morgan fingerprint density at radius 1 is 1.12 bits per heavy atom. The van der Waals surface area contributed by atoms with Crippen LogP contribution in [0.2, 0.25) is 0 Å². The molecule has 3 aromatic heterocycles. The molecule has 0 spiro atoms. The Morgan fingerprint density at radius 2 is 2.00 bits per heavy atom. The number of benzene rings is 1. The summed E-state index contributed by atoms with van der Waals surface area (Å²) >= 11 is 0. The van der Waals surface area contributed by atoms with E-state index in [1.807, 2.05) is 29.7 Å². The number of nitrogen functional groups attached to an aromatic ring is 1. The molecule has 0 aliphatic carbocycles. The molecular formula is C18H16FN7. The van der Waals surface area contributed by atoms with Gasteiger partial charge in [0, 0.05) is 18.3 Å². The van der Waals surface area contributed by atoms with Crippen molar-refractivity contribution in [3.05, 3.63) is 66.6 Å². The minimum absolute atomic E-state index is 0.234. The number of nitrogens with zero attached hydrogens (tertiary/aromatic N) is 5. The Kier molecular flexibility index (Phi) is 3.92. The summed E-state index contributed by atoms with van der Waals surface area (Å²) in [7, 11) is 0. The van der Waals surface area contributed by atoms with Gasteiger partial charge in [-0.05, 0) is 31.2 Å². The molecule has 0 amide bonds. The molecule has 7 nitrogen and oxygen atoms in total. The lowest BCUT2D eigenvalue weighted by Crippen LogP contribution is -2.14. The summed E-state index contributed by atoms with van der Waals surface area (Å²) in [5.41, 5.74) is 7.04. The summed E-state index contributed by atoms with van der Waals surface area (Å²) in [5.74, 6) is 1.96. The van der Waals surface area contributed by atoms with Gasteiger partial charge in [0.2, 0.25) is 0 Å². The van der Waals surface area contributed by atoms with E-state index >= 15 is 0 Å². The Hall–Kier alpha value is -3.55. The molecule has 0 unspecified atom stereocenters. The van der Waals surface area contributed by atoms with Crippen molar-refractivity contribution >= 4 is 22.7 Å². The van der Waals surface area contributed by atoms with Crippen LogP contribution in [0.3, 0.4) is 0 Å². The highest BCUT2D eigenvalue weighted by Crippen LogP contribution is 2.26. The Bertz CT molecular complexity index is 1060. The van der Waals surface area contributed by atoms with Crippen LogP contribution in [0.4, 0.5) is 16.0 Å². The fourth-order valence-electron chi connectivity index (χ4n) is 2.82. The minimum atomic E-state index is -0.328. The zero-order valence-electron chi connectivity index (χ0n) is 14.0. The quantitative estimate of drug-likeness (QED) is 0.588. The van der Waals surface area contributed by atoms with E-state index in [1.54, 1.807) is 18.3 Å². The molecule has 4 rings (SSSR count). The first kappa shape index (κ1) is 15.9. The van der Waals surface area contributed by atoms with Gasteiger partial charge in [0.25, 0.3) is 0 Å². The lowest BCUT2D eigenvalue weighted by Gasteiger charge is -2.16. The summed E-state index contributed by atoms with van der Waals surface area (Å²) in [6, 6.07) is 11.5. The maximum absolute atomic E-state index is 13.8. The van der Waals surface area contributed by atoms with Crippen molar-refractivity contribution in [2.45, 2.75) is 13.0 Å². The van der Waals surface area contributed by atoms with E-state index < -0.39 is 0 Å². The van der Waals surface area contributed by atoms with E-state index in [4.69, 9.17) is 5.73 Å². The fourth-order valence-corrected chi connectivity index (χ4v) is 2.82. The molecule has 4 aromatic rings. The zero-order valence-corrected chi connectivity index (χ0v) is 14.0. The van der Waals surface area contributed by atoms with Gasteiger partial charge in [-0.15, -0.1) is 0 Å². The van der Waals surface area contributed by atoms with Crippen molar-refractivity contribution in [2.24, 2.45) is 0 Å². The lowest BCUT2D eigenvalue weighted by atomic mass is 10.3. The molecule has 0 aliphatic rings. The lowest BCUT2D eigenvalue weighted by molar-refractivity contribution is 0.629. The van der Waals surface area contributed by atoms with Crippen LogP contribution >= 0.6 is 0 Å². The molecule has 0 radical (unpaired) electrons. The van der Waals surface area contributed by atoms with E-state index in [0.29, 0.717) is 34.3 Å². The summed E-state index contributed by atoms with van der Waals surface area (Å²) in [5, 5.41) is 3.25. The number of hydrogen-bond acceptors (Lipinski definition) is 6. The zero-order chi connectivity index (χ0) is 18.1. The normalized spacial score (nSPS) is 12.2. The predicted octanol–water partition coefficient (Wildman–Crippen LogP) is 3.10. The number of anilines is 2. The molecular weight excluding hydrogens is 333 g/mol. The second kappa shape index (κ2) is 6.40. The van der Waals surface area contributed by atoms with Gasteiger partial charge >= 0.3 is 0 Å². The average Bonchev–Trinajstić information content (AvgIpc) is 3.01. The first-order chi connectivity index (χ1) is 12.6. The van der Waals surface area contributed by atoms with Crippen LogP contribution in [0.1, 0.15) is 18.8 Å². The van der Waals surface area contributed by atoms with Gasteiger partial charge in [0.1, 0.15) is 35.4 Å². The number of fused-ring (bicyclic) bond motifs is 1. The van der Waals surface area contributed by atoms with Crippen LogP contribution in [0.5, 0.6) is 0 Å². The van der Waals surface area contributed by atoms with Gasteiger partial charge in [0.15, 0.2) is 0 Å². The molecule has 1 aromatic carbocycles. The summed E-state index contributed by atoms with van der Waals surface area (Å²) in [4.78, 5) is 17.1. The van der Waals surface area contributed by atoms with E-state index in [2.05, 4.69) is 25.3 Å². The van der Waals surface area contributed by atoms with Gasteiger partial charge in [-0.25, -0.2) is 24.3 Å².